The van der Waals surface area contributed by atoms with Gasteiger partial charge in [0.2, 0.25) is 0 Å². The summed E-state index contributed by atoms with van der Waals surface area (Å²) in [5.74, 6) is -0.240. The van der Waals surface area contributed by atoms with Crippen molar-refractivity contribution < 1.29 is 14.6 Å². The Morgan fingerprint density at radius 3 is 2.76 bits per heavy atom. The van der Waals surface area contributed by atoms with Gasteiger partial charge in [-0.15, -0.1) is 0 Å². The van der Waals surface area contributed by atoms with Crippen LogP contribution in [-0.4, -0.2) is 16.7 Å². The number of para-hydroxylation sites is 1. The molecule has 1 fully saturated rings. The minimum Gasteiger partial charge on any atom is -0.486 e. The molecule has 1 aliphatic carbocycles. The van der Waals surface area contributed by atoms with Crippen LogP contribution in [0.3, 0.4) is 0 Å². The molecule has 0 radical (unpaired) electrons. The van der Waals surface area contributed by atoms with Crippen LogP contribution in [0, 0.1) is 5.92 Å². The fraction of sp³-hybridized carbons (Fsp3) is 0.500. The van der Waals surface area contributed by atoms with Gasteiger partial charge in [-0.05, 0) is 25.3 Å². The number of carboxylic acid groups (broad SMARTS) is 1. The summed E-state index contributed by atoms with van der Waals surface area (Å²) in [6.45, 7) is 1.79. The van der Waals surface area contributed by atoms with Crippen molar-refractivity contribution in [3.05, 3.63) is 29.8 Å². The van der Waals surface area contributed by atoms with E-state index in [9.17, 15) is 9.90 Å². The number of rotatable bonds is 2. The van der Waals surface area contributed by atoms with Crippen LogP contribution in [0.15, 0.2) is 24.3 Å². The van der Waals surface area contributed by atoms with Crippen molar-refractivity contribution in [1.29, 1.82) is 0 Å². The van der Waals surface area contributed by atoms with Crippen LogP contribution in [0.2, 0.25) is 0 Å². The Labute approximate surface area is 100 Å². The van der Waals surface area contributed by atoms with Crippen LogP contribution < -0.4 is 4.74 Å². The second kappa shape index (κ2) is 3.49. The molecule has 1 aromatic rings. The topological polar surface area (TPSA) is 46.5 Å². The van der Waals surface area contributed by atoms with Gasteiger partial charge in [0.05, 0.1) is 5.92 Å². The van der Waals surface area contributed by atoms with E-state index in [-0.39, 0.29) is 17.4 Å². The van der Waals surface area contributed by atoms with Crippen molar-refractivity contribution in [2.45, 2.75) is 37.7 Å². The summed E-state index contributed by atoms with van der Waals surface area (Å²) in [6, 6.07) is 7.86. The summed E-state index contributed by atoms with van der Waals surface area (Å²) in [4.78, 5) is 11.3. The lowest BCUT2D eigenvalue weighted by molar-refractivity contribution is -0.145. The summed E-state index contributed by atoms with van der Waals surface area (Å²) in [7, 11) is 0. The summed E-state index contributed by atoms with van der Waals surface area (Å²) < 4.78 is 6.05. The Morgan fingerprint density at radius 1 is 1.47 bits per heavy atom. The van der Waals surface area contributed by atoms with Crippen LogP contribution >= 0.6 is 0 Å². The number of carboxylic acids is 1. The minimum absolute atomic E-state index is 0.00458. The first-order valence-electron chi connectivity index (χ1n) is 6.15. The molecule has 1 heterocycles. The molecule has 2 unspecified atom stereocenters. The first kappa shape index (κ1) is 10.6. The zero-order valence-corrected chi connectivity index (χ0v) is 9.85. The van der Waals surface area contributed by atoms with Gasteiger partial charge in [0.15, 0.2) is 0 Å². The molecule has 0 saturated heterocycles. The van der Waals surface area contributed by atoms with Crippen molar-refractivity contribution in [2.24, 2.45) is 5.92 Å². The van der Waals surface area contributed by atoms with Crippen LogP contribution in [0.4, 0.5) is 0 Å². The predicted molar refractivity (Wildman–Crippen MR) is 63.2 cm³/mol. The first-order valence-corrected chi connectivity index (χ1v) is 6.15. The van der Waals surface area contributed by atoms with Crippen molar-refractivity contribution in [2.75, 3.05) is 0 Å². The third kappa shape index (κ3) is 1.38. The van der Waals surface area contributed by atoms with Gasteiger partial charge in [-0.3, -0.25) is 4.79 Å². The number of ether oxygens (including phenoxy) is 1. The van der Waals surface area contributed by atoms with Gasteiger partial charge in [0.1, 0.15) is 11.4 Å². The fourth-order valence-electron chi connectivity index (χ4n) is 3.20. The van der Waals surface area contributed by atoms with Gasteiger partial charge in [-0.1, -0.05) is 25.1 Å². The van der Waals surface area contributed by atoms with E-state index in [1.54, 1.807) is 6.92 Å². The van der Waals surface area contributed by atoms with E-state index < -0.39 is 5.97 Å². The Balaban J connectivity index is 2.05. The predicted octanol–water partition coefficient (Wildman–Crippen LogP) is 2.81. The molecule has 1 saturated carbocycles. The molecule has 0 aromatic heterocycles. The lowest BCUT2D eigenvalue weighted by atomic mass is 9.66. The summed E-state index contributed by atoms with van der Waals surface area (Å²) in [6.07, 6.45) is 3.09. The molecule has 17 heavy (non-hydrogen) atoms. The molecule has 0 amide bonds. The fourth-order valence-corrected chi connectivity index (χ4v) is 3.20. The Morgan fingerprint density at radius 2 is 2.18 bits per heavy atom. The van der Waals surface area contributed by atoms with Crippen LogP contribution in [0.1, 0.15) is 37.7 Å². The lowest BCUT2D eigenvalue weighted by Gasteiger charge is -2.43. The highest BCUT2D eigenvalue weighted by Gasteiger charge is 2.55. The van der Waals surface area contributed by atoms with Gasteiger partial charge < -0.3 is 9.84 Å². The van der Waals surface area contributed by atoms with Crippen LogP contribution in [0.5, 0.6) is 5.75 Å². The largest absolute Gasteiger partial charge is 0.486 e. The van der Waals surface area contributed by atoms with Gasteiger partial charge >= 0.3 is 5.97 Å². The van der Waals surface area contributed by atoms with E-state index in [1.807, 2.05) is 24.3 Å². The van der Waals surface area contributed by atoms with E-state index in [1.165, 1.54) is 0 Å². The maximum absolute atomic E-state index is 11.3. The molecule has 3 nitrogen and oxygen atoms in total. The third-order valence-electron chi connectivity index (χ3n) is 4.22. The molecule has 90 valence electrons. The molecular formula is C14H16O3. The Hall–Kier alpha value is -1.51. The second-order valence-electron chi connectivity index (χ2n) is 5.16. The number of hydrogen-bond acceptors (Lipinski definition) is 2. The number of benzene rings is 1. The maximum Gasteiger partial charge on any atom is 0.306 e. The van der Waals surface area contributed by atoms with Gasteiger partial charge in [0, 0.05) is 11.5 Å². The SMILES string of the molecule is CC(C(=O)O)C1c2ccccc2OC12CCC2. The first-order chi connectivity index (χ1) is 8.14. The second-order valence-corrected chi connectivity index (χ2v) is 5.16. The molecule has 1 spiro atoms. The molecular weight excluding hydrogens is 216 g/mol. The van der Waals surface area contributed by atoms with Crippen molar-refractivity contribution in [3.8, 4) is 5.75 Å². The molecule has 1 N–H and O–H groups in total. The van der Waals surface area contributed by atoms with E-state index >= 15 is 0 Å². The number of fused-ring (bicyclic) bond motifs is 1. The van der Waals surface area contributed by atoms with Crippen molar-refractivity contribution >= 4 is 5.97 Å². The lowest BCUT2D eigenvalue weighted by Crippen LogP contribution is -2.48. The normalized spacial score (nSPS) is 25.8. The molecule has 3 heteroatoms. The number of carbonyl (C=O) groups is 1. The van der Waals surface area contributed by atoms with Gasteiger partial charge in [-0.25, -0.2) is 0 Å². The molecule has 2 aliphatic rings. The van der Waals surface area contributed by atoms with Crippen molar-refractivity contribution in [1.82, 2.24) is 0 Å². The summed E-state index contributed by atoms with van der Waals surface area (Å²) in [5.41, 5.74) is 0.837. The zero-order chi connectivity index (χ0) is 12.0. The summed E-state index contributed by atoms with van der Waals surface area (Å²) in [5, 5.41) is 9.26. The van der Waals surface area contributed by atoms with Gasteiger partial charge in [0.25, 0.3) is 0 Å². The summed E-state index contributed by atoms with van der Waals surface area (Å²) >= 11 is 0. The highest BCUT2D eigenvalue weighted by molar-refractivity contribution is 5.72. The van der Waals surface area contributed by atoms with E-state index in [2.05, 4.69) is 0 Å². The minimum atomic E-state index is -0.735. The molecule has 1 aromatic carbocycles. The highest BCUT2D eigenvalue weighted by atomic mass is 16.5. The number of aliphatic carboxylic acids is 1. The van der Waals surface area contributed by atoms with E-state index in [0.29, 0.717) is 0 Å². The average Bonchev–Trinajstić information content (AvgIpc) is 2.62. The third-order valence-corrected chi connectivity index (χ3v) is 4.22. The standard InChI is InChI=1S/C14H16O3/c1-9(13(15)16)12-10-5-2-3-6-11(10)17-14(12)7-4-8-14/h2-3,5-6,9,12H,4,7-8H2,1H3,(H,15,16). The maximum atomic E-state index is 11.3. The van der Waals surface area contributed by atoms with Crippen LogP contribution in [-0.2, 0) is 4.79 Å². The van der Waals surface area contributed by atoms with Crippen LogP contribution in [0.25, 0.3) is 0 Å². The van der Waals surface area contributed by atoms with E-state index in [0.717, 1.165) is 30.6 Å². The number of hydrogen-bond donors (Lipinski definition) is 1. The molecule has 2 atom stereocenters. The highest BCUT2D eigenvalue weighted by Crippen LogP contribution is 2.56. The zero-order valence-electron chi connectivity index (χ0n) is 9.85. The molecule has 0 bridgehead atoms. The Bertz CT molecular complexity index is 462. The average molecular weight is 232 g/mol. The molecule has 1 aliphatic heterocycles. The molecule has 3 rings (SSSR count). The quantitative estimate of drug-likeness (QED) is 0.852. The van der Waals surface area contributed by atoms with E-state index in [4.69, 9.17) is 4.74 Å². The van der Waals surface area contributed by atoms with Gasteiger partial charge in [-0.2, -0.15) is 0 Å². The van der Waals surface area contributed by atoms with Crippen molar-refractivity contribution in [3.63, 3.8) is 0 Å². The monoisotopic (exact) mass is 232 g/mol. The smallest absolute Gasteiger partial charge is 0.306 e. The Kier molecular flexibility index (Phi) is 2.18.